The van der Waals surface area contributed by atoms with Crippen LogP contribution in [0.25, 0.3) is 11.0 Å². The number of anilines is 1. The van der Waals surface area contributed by atoms with Gasteiger partial charge in [-0.2, -0.15) is 0 Å². The highest BCUT2D eigenvalue weighted by Gasteiger charge is 2.18. The third-order valence-electron chi connectivity index (χ3n) is 4.13. The Kier molecular flexibility index (Phi) is 6.21. The number of benzene rings is 2. The number of fused-ring (bicyclic) bond motifs is 1. The molecule has 1 amide bonds. The number of hydrogen-bond acceptors (Lipinski definition) is 8. The van der Waals surface area contributed by atoms with E-state index in [1.807, 2.05) is 0 Å². The fourth-order valence-electron chi connectivity index (χ4n) is 2.71. The molecule has 9 heteroatoms. The summed E-state index contributed by atoms with van der Waals surface area (Å²) in [6.45, 7) is -0.603. The van der Waals surface area contributed by atoms with Crippen molar-refractivity contribution in [2.75, 3.05) is 33.3 Å². The highest BCUT2D eigenvalue weighted by atomic mass is 16.5. The van der Waals surface area contributed by atoms with Gasteiger partial charge in [-0.05, 0) is 12.1 Å². The maximum atomic E-state index is 12.3. The second kappa shape index (κ2) is 8.99. The molecule has 9 nitrogen and oxygen atoms in total. The lowest BCUT2D eigenvalue weighted by Gasteiger charge is -2.10. The van der Waals surface area contributed by atoms with Gasteiger partial charge in [0.2, 0.25) is 0 Å². The Morgan fingerprint density at radius 2 is 1.67 bits per heavy atom. The number of methoxy groups -OCH3 is 3. The molecule has 0 aliphatic rings. The predicted octanol–water partition coefficient (Wildman–Crippen LogP) is 2.61. The summed E-state index contributed by atoms with van der Waals surface area (Å²) in [6, 6.07) is 11.1. The van der Waals surface area contributed by atoms with Gasteiger partial charge in [0, 0.05) is 29.3 Å². The van der Waals surface area contributed by atoms with E-state index in [0.717, 1.165) is 0 Å². The van der Waals surface area contributed by atoms with Crippen molar-refractivity contribution in [3.8, 4) is 17.2 Å². The topological polar surface area (TPSA) is 113 Å². The van der Waals surface area contributed by atoms with E-state index >= 15 is 0 Å². The van der Waals surface area contributed by atoms with Gasteiger partial charge >= 0.3 is 11.6 Å². The van der Waals surface area contributed by atoms with Crippen molar-refractivity contribution in [2.24, 2.45) is 0 Å². The molecule has 0 atom stereocenters. The smallest absolute Gasteiger partial charge is 0.351 e. The lowest BCUT2D eigenvalue weighted by atomic mass is 10.2. The molecule has 0 saturated carbocycles. The summed E-state index contributed by atoms with van der Waals surface area (Å²) < 4.78 is 25.5. The molecule has 0 aliphatic carbocycles. The highest BCUT2D eigenvalue weighted by molar-refractivity contribution is 5.97. The van der Waals surface area contributed by atoms with Crippen LogP contribution < -0.4 is 25.2 Å². The minimum atomic E-state index is -0.980. The van der Waals surface area contributed by atoms with Crippen LogP contribution in [-0.2, 0) is 9.53 Å². The highest BCUT2D eigenvalue weighted by Crippen LogP contribution is 2.26. The van der Waals surface area contributed by atoms with E-state index in [1.165, 1.54) is 27.4 Å². The third kappa shape index (κ3) is 4.52. The Labute approximate surface area is 171 Å². The molecule has 2 aromatic carbocycles. The van der Waals surface area contributed by atoms with E-state index in [2.05, 4.69) is 5.32 Å². The summed E-state index contributed by atoms with van der Waals surface area (Å²) in [6.07, 6.45) is 0. The van der Waals surface area contributed by atoms with Gasteiger partial charge in [-0.1, -0.05) is 12.1 Å². The predicted molar refractivity (Wildman–Crippen MR) is 107 cm³/mol. The van der Waals surface area contributed by atoms with Crippen molar-refractivity contribution in [3.05, 3.63) is 58.4 Å². The van der Waals surface area contributed by atoms with Crippen LogP contribution in [0.2, 0.25) is 0 Å². The van der Waals surface area contributed by atoms with E-state index in [0.29, 0.717) is 28.3 Å². The molecule has 0 spiro atoms. The fraction of sp³-hybridized carbons (Fsp3) is 0.190. The molecule has 0 bridgehead atoms. The monoisotopic (exact) mass is 413 g/mol. The SMILES string of the molecule is COc1cc(NC(=O)COC(=O)c2cc3cccc(OC)c3oc2=O)cc(OC)c1. The first-order chi connectivity index (χ1) is 14.4. The minimum absolute atomic E-state index is 0.214. The zero-order valence-corrected chi connectivity index (χ0v) is 16.5. The van der Waals surface area contributed by atoms with Gasteiger partial charge in [-0.25, -0.2) is 9.59 Å². The molecule has 0 fully saturated rings. The second-order valence-electron chi connectivity index (χ2n) is 6.05. The van der Waals surface area contributed by atoms with Crippen molar-refractivity contribution in [3.63, 3.8) is 0 Å². The standard InChI is InChI=1S/C21H19NO8/c1-26-14-8-13(9-15(10-14)27-2)22-18(23)11-29-20(24)16-7-12-5-4-6-17(28-3)19(12)30-21(16)25/h4-10H,11H2,1-3H3,(H,22,23). The quantitative estimate of drug-likeness (QED) is 0.465. The third-order valence-corrected chi connectivity index (χ3v) is 4.13. The first-order valence-electron chi connectivity index (χ1n) is 8.76. The second-order valence-corrected chi connectivity index (χ2v) is 6.05. The van der Waals surface area contributed by atoms with Crippen LogP contribution in [0.5, 0.6) is 17.2 Å². The van der Waals surface area contributed by atoms with Crippen molar-refractivity contribution >= 4 is 28.5 Å². The molecule has 1 heterocycles. The van der Waals surface area contributed by atoms with Crippen LogP contribution in [0.15, 0.2) is 51.7 Å². The Balaban J connectivity index is 1.70. The number of nitrogens with one attached hydrogen (secondary N) is 1. The molecular formula is C21H19NO8. The van der Waals surface area contributed by atoms with E-state index in [-0.39, 0.29) is 11.1 Å². The van der Waals surface area contributed by atoms with Gasteiger partial charge < -0.3 is 28.7 Å². The van der Waals surface area contributed by atoms with Gasteiger partial charge in [0.05, 0.1) is 21.3 Å². The molecule has 0 radical (unpaired) electrons. The molecule has 3 aromatic rings. The van der Waals surface area contributed by atoms with Crippen molar-refractivity contribution in [2.45, 2.75) is 0 Å². The normalized spacial score (nSPS) is 10.4. The van der Waals surface area contributed by atoms with Gasteiger partial charge in [-0.3, -0.25) is 4.79 Å². The average molecular weight is 413 g/mol. The van der Waals surface area contributed by atoms with E-state index < -0.39 is 24.1 Å². The maximum absolute atomic E-state index is 12.3. The van der Waals surface area contributed by atoms with Crippen LogP contribution in [-0.4, -0.2) is 39.8 Å². The van der Waals surface area contributed by atoms with Crippen LogP contribution in [0.1, 0.15) is 10.4 Å². The van der Waals surface area contributed by atoms with Gasteiger partial charge in [0.1, 0.15) is 17.1 Å². The number of esters is 1. The zero-order chi connectivity index (χ0) is 21.7. The van der Waals surface area contributed by atoms with E-state index in [4.69, 9.17) is 23.4 Å². The van der Waals surface area contributed by atoms with Gasteiger partial charge in [0.25, 0.3) is 5.91 Å². The number of para-hydroxylation sites is 1. The molecular weight excluding hydrogens is 394 g/mol. The lowest BCUT2D eigenvalue weighted by Crippen LogP contribution is -2.23. The molecule has 1 N–H and O–H groups in total. The summed E-state index contributed by atoms with van der Waals surface area (Å²) in [5, 5.41) is 3.04. The molecule has 0 saturated heterocycles. The zero-order valence-electron chi connectivity index (χ0n) is 16.5. The van der Waals surface area contributed by atoms with E-state index in [1.54, 1.807) is 36.4 Å². The Bertz CT molecular complexity index is 1130. The number of carbonyl (C=O) groups excluding carboxylic acids is 2. The number of rotatable bonds is 7. The first-order valence-corrected chi connectivity index (χ1v) is 8.76. The number of ether oxygens (including phenoxy) is 4. The van der Waals surface area contributed by atoms with Crippen molar-refractivity contribution in [1.29, 1.82) is 0 Å². The number of carbonyl (C=O) groups is 2. The van der Waals surface area contributed by atoms with Crippen LogP contribution in [0.3, 0.4) is 0 Å². The molecule has 30 heavy (non-hydrogen) atoms. The van der Waals surface area contributed by atoms with Crippen molar-refractivity contribution in [1.82, 2.24) is 0 Å². The molecule has 0 aliphatic heterocycles. The van der Waals surface area contributed by atoms with Gasteiger partial charge in [-0.15, -0.1) is 0 Å². The Morgan fingerprint density at radius 1 is 0.967 bits per heavy atom. The largest absolute Gasteiger partial charge is 0.497 e. The summed E-state index contributed by atoms with van der Waals surface area (Å²) in [4.78, 5) is 36.6. The van der Waals surface area contributed by atoms with Crippen LogP contribution >= 0.6 is 0 Å². The number of hydrogen-bond donors (Lipinski definition) is 1. The van der Waals surface area contributed by atoms with Gasteiger partial charge in [0.15, 0.2) is 17.9 Å². The maximum Gasteiger partial charge on any atom is 0.351 e. The molecule has 0 unspecified atom stereocenters. The lowest BCUT2D eigenvalue weighted by molar-refractivity contribution is -0.119. The summed E-state index contributed by atoms with van der Waals surface area (Å²) in [5.74, 6) is -0.272. The first kappa shape index (κ1) is 20.7. The summed E-state index contributed by atoms with van der Waals surface area (Å²) in [7, 11) is 4.40. The Morgan fingerprint density at radius 3 is 2.30 bits per heavy atom. The summed E-state index contributed by atoms with van der Waals surface area (Å²) in [5.41, 5.74) is -0.614. The molecule has 156 valence electrons. The average Bonchev–Trinajstić information content (AvgIpc) is 2.76. The van der Waals surface area contributed by atoms with E-state index in [9.17, 15) is 14.4 Å². The fourth-order valence-corrected chi connectivity index (χ4v) is 2.71. The molecule has 3 rings (SSSR count). The minimum Gasteiger partial charge on any atom is -0.497 e. The number of amides is 1. The Hall–Kier alpha value is -4.01. The molecule has 1 aromatic heterocycles. The van der Waals surface area contributed by atoms with Crippen molar-refractivity contribution < 1.29 is 33.0 Å². The summed E-state index contributed by atoms with van der Waals surface area (Å²) >= 11 is 0. The van der Waals surface area contributed by atoms with Crippen LogP contribution in [0.4, 0.5) is 5.69 Å². The van der Waals surface area contributed by atoms with Crippen LogP contribution in [0, 0.1) is 0 Å².